The molecule has 0 aliphatic rings. The summed E-state index contributed by atoms with van der Waals surface area (Å²) in [5, 5.41) is 8.79. The van der Waals surface area contributed by atoms with E-state index in [2.05, 4.69) is 0 Å². The monoisotopic (exact) mass is 200 g/mol. The molecule has 0 aliphatic heterocycles. The van der Waals surface area contributed by atoms with Crippen LogP contribution < -0.4 is 0 Å². The quantitative estimate of drug-likeness (QED) is 0.556. The van der Waals surface area contributed by atoms with Crippen molar-refractivity contribution in [3.8, 4) is 6.19 Å². The molecule has 3 heteroatoms. The molecule has 3 nitrogen and oxygen atoms in total. The standard InChI is InChI=1S/C12H12N2O/c1-2-3-9-14(10-13)12(15)11-7-5-4-6-8-11/h3-9H,2H2,1H3. The summed E-state index contributed by atoms with van der Waals surface area (Å²) in [4.78, 5) is 12.8. The molecule has 0 unspecified atom stereocenters. The van der Waals surface area contributed by atoms with Crippen molar-refractivity contribution in [3.05, 3.63) is 48.2 Å². The third-order valence-electron chi connectivity index (χ3n) is 1.84. The molecule has 0 fully saturated rings. The highest BCUT2D eigenvalue weighted by atomic mass is 16.2. The van der Waals surface area contributed by atoms with Gasteiger partial charge in [0.15, 0.2) is 6.19 Å². The van der Waals surface area contributed by atoms with Gasteiger partial charge in [-0.2, -0.15) is 5.26 Å². The molecule has 1 amide bonds. The Morgan fingerprint density at radius 2 is 2.13 bits per heavy atom. The Balaban J connectivity index is 2.84. The van der Waals surface area contributed by atoms with Gasteiger partial charge in [0.2, 0.25) is 0 Å². The van der Waals surface area contributed by atoms with Crippen molar-refractivity contribution in [2.75, 3.05) is 0 Å². The molecule has 0 spiro atoms. The summed E-state index contributed by atoms with van der Waals surface area (Å²) in [6.07, 6.45) is 5.89. The van der Waals surface area contributed by atoms with E-state index in [0.717, 1.165) is 11.3 Å². The number of rotatable bonds is 3. The second-order valence-electron chi connectivity index (χ2n) is 2.93. The van der Waals surface area contributed by atoms with E-state index in [1.165, 1.54) is 6.20 Å². The zero-order valence-corrected chi connectivity index (χ0v) is 8.55. The van der Waals surface area contributed by atoms with E-state index in [1.54, 1.807) is 30.3 Å². The molecule has 0 saturated heterocycles. The van der Waals surface area contributed by atoms with Crippen LogP contribution >= 0.6 is 0 Å². The maximum atomic E-state index is 11.7. The summed E-state index contributed by atoms with van der Waals surface area (Å²) in [6, 6.07) is 8.74. The smallest absolute Gasteiger partial charge is 0.268 e. The molecule has 1 rings (SSSR count). The number of allylic oxidation sites excluding steroid dienone is 1. The first-order chi connectivity index (χ1) is 7.29. The first-order valence-electron chi connectivity index (χ1n) is 4.74. The summed E-state index contributed by atoms with van der Waals surface area (Å²) in [6.45, 7) is 1.94. The van der Waals surface area contributed by atoms with Crippen molar-refractivity contribution in [3.63, 3.8) is 0 Å². The number of hydrogen-bond donors (Lipinski definition) is 0. The topological polar surface area (TPSA) is 44.1 Å². The summed E-state index contributed by atoms with van der Waals surface area (Å²) < 4.78 is 0. The number of amides is 1. The van der Waals surface area contributed by atoms with Crippen LogP contribution in [-0.4, -0.2) is 10.8 Å². The molecule has 0 N–H and O–H groups in total. The van der Waals surface area contributed by atoms with Crippen LogP contribution in [-0.2, 0) is 0 Å². The van der Waals surface area contributed by atoms with Gasteiger partial charge in [-0.05, 0) is 18.6 Å². The van der Waals surface area contributed by atoms with Gasteiger partial charge in [-0.3, -0.25) is 4.79 Å². The second-order valence-corrected chi connectivity index (χ2v) is 2.93. The summed E-state index contributed by atoms with van der Waals surface area (Å²) in [5.74, 6) is -0.303. The highest BCUT2D eigenvalue weighted by molar-refractivity contribution is 5.95. The Labute approximate surface area is 89.2 Å². The van der Waals surface area contributed by atoms with Crippen molar-refractivity contribution in [1.29, 1.82) is 5.26 Å². The molecule has 0 bridgehead atoms. The molecule has 1 aromatic carbocycles. The van der Waals surface area contributed by atoms with E-state index >= 15 is 0 Å². The van der Waals surface area contributed by atoms with Crippen LogP contribution in [0, 0.1) is 11.5 Å². The lowest BCUT2D eigenvalue weighted by atomic mass is 10.2. The van der Waals surface area contributed by atoms with E-state index in [1.807, 2.05) is 19.2 Å². The van der Waals surface area contributed by atoms with Crippen molar-refractivity contribution in [2.24, 2.45) is 0 Å². The first kappa shape index (κ1) is 11.0. The predicted octanol–water partition coefficient (Wildman–Crippen LogP) is 2.53. The van der Waals surface area contributed by atoms with E-state index in [0.29, 0.717) is 5.56 Å². The van der Waals surface area contributed by atoms with Gasteiger partial charge in [0.05, 0.1) is 0 Å². The summed E-state index contributed by atoms with van der Waals surface area (Å²) in [7, 11) is 0. The van der Waals surface area contributed by atoms with Gasteiger partial charge in [-0.25, -0.2) is 4.90 Å². The molecule has 0 radical (unpaired) electrons. The van der Waals surface area contributed by atoms with E-state index in [-0.39, 0.29) is 5.91 Å². The number of nitrogens with zero attached hydrogens (tertiary/aromatic N) is 2. The van der Waals surface area contributed by atoms with Gasteiger partial charge in [-0.1, -0.05) is 31.2 Å². The fourth-order valence-corrected chi connectivity index (χ4v) is 1.08. The van der Waals surface area contributed by atoms with Crippen LogP contribution in [0.25, 0.3) is 0 Å². The average molecular weight is 200 g/mol. The summed E-state index contributed by atoms with van der Waals surface area (Å²) in [5.41, 5.74) is 0.514. The first-order valence-corrected chi connectivity index (χ1v) is 4.74. The van der Waals surface area contributed by atoms with Crippen LogP contribution in [0.4, 0.5) is 0 Å². The lowest BCUT2D eigenvalue weighted by molar-refractivity contribution is 0.0876. The third-order valence-corrected chi connectivity index (χ3v) is 1.84. The molecule has 1 aromatic rings. The normalized spacial score (nSPS) is 9.87. The Hall–Kier alpha value is -2.08. The molecular formula is C12H12N2O. The minimum atomic E-state index is -0.303. The fraction of sp³-hybridized carbons (Fsp3) is 0.167. The maximum Gasteiger partial charge on any atom is 0.270 e. The fourth-order valence-electron chi connectivity index (χ4n) is 1.08. The SMILES string of the molecule is CCC=CN(C#N)C(=O)c1ccccc1. The molecule has 0 aliphatic carbocycles. The van der Waals surface area contributed by atoms with Gasteiger partial charge in [0.1, 0.15) is 0 Å². The molecule has 15 heavy (non-hydrogen) atoms. The van der Waals surface area contributed by atoms with Crippen LogP contribution in [0.1, 0.15) is 23.7 Å². The second kappa shape index (κ2) is 5.61. The van der Waals surface area contributed by atoms with E-state index in [4.69, 9.17) is 5.26 Å². The Kier molecular flexibility index (Phi) is 4.11. The van der Waals surface area contributed by atoms with Gasteiger partial charge in [-0.15, -0.1) is 0 Å². The van der Waals surface area contributed by atoms with Gasteiger partial charge in [0, 0.05) is 11.8 Å². The average Bonchev–Trinajstić information content (AvgIpc) is 2.31. The van der Waals surface area contributed by atoms with Crippen LogP contribution in [0.2, 0.25) is 0 Å². The highest BCUT2D eigenvalue weighted by Gasteiger charge is 2.11. The highest BCUT2D eigenvalue weighted by Crippen LogP contribution is 2.04. The van der Waals surface area contributed by atoms with Crippen molar-refractivity contribution in [2.45, 2.75) is 13.3 Å². The van der Waals surface area contributed by atoms with Gasteiger partial charge < -0.3 is 0 Å². The van der Waals surface area contributed by atoms with Crippen molar-refractivity contribution in [1.82, 2.24) is 4.90 Å². The Morgan fingerprint density at radius 1 is 1.47 bits per heavy atom. The van der Waals surface area contributed by atoms with E-state index < -0.39 is 0 Å². The van der Waals surface area contributed by atoms with Gasteiger partial charge in [0.25, 0.3) is 5.91 Å². The third kappa shape index (κ3) is 2.96. The number of carbonyl (C=O) groups excluding carboxylic acids is 1. The number of carbonyl (C=O) groups is 1. The molecule has 0 saturated carbocycles. The summed E-state index contributed by atoms with van der Waals surface area (Å²) >= 11 is 0. The molecule has 76 valence electrons. The maximum absolute atomic E-state index is 11.7. The minimum absolute atomic E-state index is 0.303. The zero-order valence-electron chi connectivity index (χ0n) is 8.55. The largest absolute Gasteiger partial charge is 0.270 e. The molecule has 0 aromatic heterocycles. The predicted molar refractivity (Wildman–Crippen MR) is 57.7 cm³/mol. The number of nitriles is 1. The van der Waals surface area contributed by atoms with Gasteiger partial charge >= 0.3 is 0 Å². The van der Waals surface area contributed by atoms with Crippen molar-refractivity contribution < 1.29 is 4.79 Å². The zero-order chi connectivity index (χ0) is 11.1. The van der Waals surface area contributed by atoms with Crippen molar-refractivity contribution >= 4 is 5.91 Å². The van der Waals surface area contributed by atoms with E-state index in [9.17, 15) is 4.79 Å². The van der Waals surface area contributed by atoms with Crippen LogP contribution in [0.5, 0.6) is 0 Å². The van der Waals surface area contributed by atoms with Crippen LogP contribution in [0.15, 0.2) is 42.6 Å². The Bertz CT molecular complexity index is 390. The lowest BCUT2D eigenvalue weighted by Gasteiger charge is -2.07. The number of hydrogen-bond acceptors (Lipinski definition) is 2. The minimum Gasteiger partial charge on any atom is -0.268 e. The molecule has 0 atom stereocenters. The van der Waals surface area contributed by atoms with Crippen LogP contribution in [0.3, 0.4) is 0 Å². The molecular weight excluding hydrogens is 188 g/mol. The Morgan fingerprint density at radius 3 is 2.67 bits per heavy atom. The molecule has 0 heterocycles. The number of benzene rings is 1. The lowest BCUT2D eigenvalue weighted by Crippen LogP contribution is -2.20.